The Hall–Kier alpha value is -3.33. The molecule has 0 aliphatic carbocycles. The number of aliphatic carboxylic acids is 1. The molecule has 9 nitrogen and oxygen atoms in total. The van der Waals surface area contributed by atoms with Gasteiger partial charge in [-0.05, 0) is 49.1 Å². The molecular weight excluding hydrogens is 494 g/mol. The fourth-order valence-electron chi connectivity index (χ4n) is 5.20. The number of rotatable bonds is 10. The van der Waals surface area contributed by atoms with Gasteiger partial charge in [-0.15, -0.1) is 0 Å². The number of aryl methyl sites for hydroxylation is 1. The summed E-state index contributed by atoms with van der Waals surface area (Å²) in [6.45, 7) is 15.1. The lowest BCUT2D eigenvalue weighted by molar-refractivity contribution is -0.141. The number of carbonyl (C=O) groups is 3. The van der Waals surface area contributed by atoms with Gasteiger partial charge in [0, 0.05) is 47.9 Å². The van der Waals surface area contributed by atoms with Crippen LogP contribution in [0, 0.1) is 11.3 Å². The monoisotopic (exact) mass is 541 g/mol. The van der Waals surface area contributed by atoms with Gasteiger partial charge in [0.05, 0.1) is 12.1 Å². The number of nitrogens with one attached hydrogen (secondary N) is 2. The number of anilines is 1. The van der Waals surface area contributed by atoms with E-state index in [2.05, 4.69) is 10.6 Å². The van der Waals surface area contributed by atoms with E-state index in [1.807, 2.05) is 84.5 Å². The third-order valence-electron chi connectivity index (χ3n) is 7.62. The molecule has 0 spiro atoms. The second-order valence-electron chi connectivity index (χ2n) is 12.5. The van der Waals surface area contributed by atoms with Crippen molar-refractivity contribution in [1.82, 2.24) is 20.1 Å². The van der Waals surface area contributed by atoms with E-state index in [1.54, 1.807) is 25.1 Å². The van der Waals surface area contributed by atoms with Crippen molar-refractivity contribution in [3.8, 4) is 0 Å². The van der Waals surface area contributed by atoms with Crippen molar-refractivity contribution in [3.63, 3.8) is 0 Å². The average molecular weight is 542 g/mol. The zero-order valence-corrected chi connectivity index (χ0v) is 25.3. The minimum absolute atomic E-state index is 0.0349. The Morgan fingerprint density at radius 2 is 1.69 bits per heavy atom. The molecular formula is C30H47N5O4. The number of aromatic nitrogens is 1. The van der Waals surface area contributed by atoms with Gasteiger partial charge in [0.2, 0.25) is 11.8 Å². The molecule has 39 heavy (non-hydrogen) atoms. The van der Waals surface area contributed by atoms with Crippen LogP contribution in [0.1, 0.15) is 61.0 Å². The van der Waals surface area contributed by atoms with Crippen LogP contribution >= 0.6 is 0 Å². The van der Waals surface area contributed by atoms with Crippen LogP contribution in [0.4, 0.5) is 5.69 Å². The predicted molar refractivity (Wildman–Crippen MR) is 157 cm³/mol. The highest BCUT2D eigenvalue weighted by molar-refractivity contribution is 5.93. The van der Waals surface area contributed by atoms with Gasteiger partial charge < -0.3 is 30.9 Å². The number of carboxylic acids is 1. The SMILES string of the molecule is CN[C@@H](C(=O)N[C@H](C(=O)N(C)[C@H](/C=C(\C)C(=O)O)C(C)C)C(C)(C)C)C(C)(C)c1cn(C)c2ccc(N)cc12. The van der Waals surface area contributed by atoms with Crippen LogP contribution in [0.25, 0.3) is 10.9 Å². The minimum Gasteiger partial charge on any atom is -0.478 e. The molecule has 2 aromatic rings. The molecule has 2 rings (SSSR count). The Labute approximate surface area is 232 Å². The molecule has 1 aromatic carbocycles. The number of nitrogens with two attached hydrogens (primary N) is 1. The molecule has 0 bridgehead atoms. The van der Waals surface area contributed by atoms with Crippen LogP contribution < -0.4 is 16.4 Å². The normalized spacial score (nSPS) is 15.2. The summed E-state index contributed by atoms with van der Waals surface area (Å²) in [7, 11) is 5.35. The molecule has 1 heterocycles. The fourth-order valence-corrected chi connectivity index (χ4v) is 5.20. The highest BCUT2D eigenvalue weighted by Crippen LogP contribution is 2.36. The maximum atomic E-state index is 13.9. The lowest BCUT2D eigenvalue weighted by Gasteiger charge is -2.39. The van der Waals surface area contributed by atoms with E-state index in [9.17, 15) is 19.5 Å². The molecule has 0 unspecified atom stereocenters. The Bertz CT molecular complexity index is 1250. The van der Waals surface area contributed by atoms with E-state index in [1.165, 1.54) is 6.92 Å². The van der Waals surface area contributed by atoms with Crippen molar-refractivity contribution in [2.45, 2.75) is 78.9 Å². The molecule has 3 atom stereocenters. The van der Waals surface area contributed by atoms with Gasteiger partial charge in [0.15, 0.2) is 0 Å². The number of fused-ring (bicyclic) bond motifs is 1. The van der Waals surface area contributed by atoms with Crippen LogP contribution in [0.15, 0.2) is 36.0 Å². The number of benzene rings is 1. The summed E-state index contributed by atoms with van der Waals surface area (Å²) in [4.78, 5) is 40.8. The second-order valence-corrected chi connectivity index (χ2v) is 12.5. The largest absolute Gasteiger partial charge is 0.478 e. The lowest BCUT2D eigenvalue weighted by atomic mass is 9.76. The van der Waals surface area contributed by atoms with E-state index < -0.39 is 34.9 Å². The van der Waals surface area contributed by atoms with Crippen molar-refractivity contribution < 1.29 is 19.5 Å². The topological polar surface area (TPSA) is 130 Å². The van der Waals surface area contributed by atoms with Gasteiger partial charge in [-0.3, -0.25) is 9.59 Å². The molecule has 0 aliphatic rings. The quantitative estimate of drug-likeness (QED) is 0.268. The third-order valence-corrected chi connectivity index (χ3v) is 7.62. The summed E-state index contributed by atoms with van der Waals surface area (Å²) in [5, 5.41) is 16.6. The number of amides is 2. The number of nitrogen functional groups attached to an aromatic ring is 1. The predicted octanol–water partition coefficient (Wildman–Crippen LogP) is 3.67. The van der Waals surface area contributed by atoms with E-state index >= 15 is 0 Å². The first kappa shape index (κ1) is 31.9. The van der Waals surface area contributed by atoms with Crippen LogP contribution in [-0.4, -0.2) is 64.6 Å². The number of nitrogens with zero attached hydrogens (tertiary/aromatic N) is 2. The van der Waals surface area contributed by atoms with Gasteiger partial charge in [-0.2, -0.15) is 0 Å². The number of carbonyl (C=O) groups excluding carboxylic acids is 2. The van der Waals surface area contributed by atoms with Crippen molar-refractivity contribution in [1.29, 1.82) is 0 Å². The standard InChI is InChI=1S/C30H47N5O4/c1-17(2)23(14-18(3)28(38)39)35(11)27(37)25(29(4,5)6)33-26(36)24(32-9)30(7,8)21-16-34(10)22-13-12-19(31)15-20(21)22/h12-17,23-25,32H,31H2,1-11H3,(H,33,36)(H,38,39)/b18-14+/t23-,24+,25-/m1/s1. The Balaban J connectivity index is 2.46. The highest BCUT2D eigenvalue weighted by atomic mass is 16.4. The fraction of sp³-hybridized carbons (Fsp3) is 0.567. The van der Waals surface area contributed by atoms with Gasteiger partial charge in [-0.25, -0.2) is 4.79 Å². The molecule has 0 saturated carbocycles. The molecule has 0 saturated heterocycles. The second kappa shape index (κ2) is 11.8. The van der Waals surface area contributed by atoms with E-state index in [4.69, 9.17) is 5.73 Å². The maximum Gasteiger partial charge on any atom is 0.331 e. The molecule has 216 valence electrons. The van der Waals surface area contributed by atoms with E-state index in [-0.39, 0.29) is 23.3 Å². The number of hydrogen-bond acceptors (Lipinski definition) is 5. The first-order valence-corrected chi connectivity index (χ1v) is 13.4. The van der Waals surface area contributed by atoms with Crippen molar-refractivity contribution >= 4 is 34.4 Å². The Kier molecular flexibility index (Phi) is 9.66. The summed E-state index contributed by atoms with van der Waals surface area (Å²) in [5.74, 6) is -1.65. The molecule has 9 heteroatoms. The summed E-state index contributed by atoms with van der Waals surface area (Å²) in [6, 6.07) is 3.79. The first-order chi connectivity index (χ1) is 17.8. The van der Waals surface area contributed by atoms with Crippen LogP contribution in [0.5, 0.6) is 0 Å². The molecule has 2 amide bonds. The Morgan fingerprint density at radius 3 is 2.18 bits per heavy atom. The van der Waals surface area contributed by atoms with Crippen LogP contribution in [-0.2, 0) is 26.8 Å². The molecule has 0 fully saturated rings. The van der Waals surface area contributed by atoms with Gasteiger partial charge in [0.1, 0.15) is 6.04 Å². The van der Waals surface area contributed by atoms with E-state index in [0.717, 1.165) is 16.5 Å². The molecule has 1 aromatic heterocycles. The third kappa shape index (κ3) is 6.82. The highest BCUT2D eigenvalue weighted by Gasteiger charge is 2.42. The van der Waals surface area contributed by atoms with Crippen molar-refractivity contribution in [3.05, 3.63) is 41.6 Å². The Morgan fingerprint density at radius 1 is 1.10 bits per heavy atom. The summed E-state index contributed by atoms with van der Waals surface area (Å²) in [6.07, 6.45) is 3.62. The van der Waals surface area contributed by atoms with Crippen molar-refractivity contribution in [2.24, 2.45) is 18.4 Å². The lowest BCUT2D eigenvalue weighted by Crippen LogP contribution is -2.61. The number of carboxylic acid groups (broad SMARTS) is 1. The molecule has 5 N–H and O–H groups in total. The summed E-state index contributed by atoms with van der Waals surface area (Å²) in [5.41, 5.74) is 7.61. The van der Waals surface area contributed by atoms with Crippen LogP contribution in [0.3, 0.4) is 0 Å². The maximum absolute atomic E-state index is 13.9. The summed E-state index contributed by atoms with van der Waals surface area (Å²) >= 11 is 0. The number of likely N-dealkylation sites (N-methyl/N-ethyl adjacent to an activating group) is 2. The van der Waals surface area contributed by atoms with Gasteiger partial charge in [0.25, 0.3) is 0 Å². The smallest absolute Gasteiger partial charge is 0.331 e. The summed E-state index contributed by atoms with van der Waals surface area (Å²) < 4.78 is 2.02. The van der Waals surface area contributed by atoms with Gasteiger partial charge >= 0.3 is 5.97 Å². The van der Waals surface area contributed by atoms with Crippen molar-refractivity contribution in [2.75, 3.05) is 19.8 Å². The zero-order valence-electron chi connectivity index (χ0n) is 25.3. The minimum atomic E-state index is -1.03. The molecule has 0 radical (unpaired) electrons. The average Bonchev–Trinajstić information content (AvgIpc) is 3.15. The van der Waals surface area contributed by atoms with Crippen LogP contribution in [0.2, 0.25) is 0 Å². The zero-order chi connectivity index (χ0) is 30.0. The van der Waals surface area contributed by atoms with Gasteiger partial charge in [-0.1, -0.05) is 54.5 Å². The molecule has 0 aliphatic heterocycles. The number of hydrogen-bond donors (Lipinski definition) is 4. The van der Waals surface area contributed by atoms with E-state index in [0.29, 0.717) is 5.69 Å². The first-order valence-electron chi connectivity index (χ1n) is 13.4.